The van der Waals surface area contributed by atoms with Crippen LogP contribution in [0.5, 0.6) is 0 Å². The molecule has 0 N–H and O–H groups in total. The second kappa shape index (κ2) is 15.7. The van der Waals surface area contributed by atoms with Crippen LogP contribution in [0.15, 0.2) is 30.6 Å². The zero-order chi connectivity index (χ0) is 17.3. The minimum atomic E-state index is 0.716. The Hall–Kier alpha value is -0.850. The van der Waals surface area contributed by atoms with Gasteiger partial charge in [0.15, 0.2) is 18.4 Å². The molecule has 1 aromatic heterocycles. The van der Waals surface area contributed by atoms with Gasteiger partial charge in [-0.25, -0.2) is 4.57 Å². The first-order valence-corrected chi connectivity index (χ1v) is 10.8. The van der Waals surface area contributed by atoms with Gasteiger partial charge in [-0.1, -0.05) is 90.5 Å². The van der Waals surface area contributed by atoms with Crippen LogP contribution in [0.1, 0.15) is 116 Å². The quantitative estimate of drug-likeness (QED) is 0.219. The number of unbranched alkanes of at least 4 members (excludes halogenated alkanes) is 11. The lowest BCUT2D eigenvalue weighted by Crippen LogP contribution is -2.38. The van der Waals surface area contributed by atoms with E-state index in [2.05, 4.69) is 49.0 Å². The highest BCUT2D eigenvalue weighted by molar-refractivity contribution is 4.84. The molecule has 0 aliphatic carbocycles. The maximum Gasteiger partial charge on any atom is 0.169 e. The summed E-state index contributed by atoms with van der Waals surface area (Å²) in [6, 6.07) is 7.20. The fourth-order valence-electron chi connectivity index (χ4n) is 3.60. The summed E-state index contributed by atoms with van der Waals surface area (Å²) < 4.78 is 2.46. The number of hydrogen-bond acceptors (Lipinski definition) is 0. The van der Waals surface area contributed by atoms with Gasteiger partial charge >= 0.3 is 0 Å². The van der Waals surface area contributed by atoms with Crippen molar-refractivity contribution in [3.8, 4) is 0 Å². The maximum absolute atomic E-state index is 2.46. The van der Waals surface area contributed by atoms with Crippen molar-refractivity contribution in [1.29, 1.82) is 0 Å². The van der Waals surface area contributed by atoms with Gasteiger partial charge in [0.05, 0.1) is 0 Å². The summed E-state index contributed by atoms with van der Waals surface area (Å²) in [4.78, 5) is 0. The first kappa shape index (κ1) is 21.2. The third-order valence-corrected chi connectivity index (χ3v) is 5.19. The molecule has 0 spiro atoms. The first-order valence-electron chi connectivity index (χ1n) is 10.8. The van der Waals surface area contributed by atoms with E-state index < -0.39 is 0 Å². The van der Waals surface area contributed by atoms with Crippen LogP contribution < -0.4 is 4.57 Å². The Morgan fingerprint density at radius 1 is 0.542 bits per heavy atom. The molecule has 0 saturated carbocycles. The number of nitrogens with zero attached hydrogens (tertiary/aromatic N) is 1. The number of pyridine rings is 1. The largest absolute Gasteiger partial charge is 0.202 e. The fraction of sp³-hybridized carbons (Fsp3) is 0.783. The van der Waals surface area contributed by atoms with E-state index in [-0.39, 0.29) is 0 Å². The molecule has 1 heteroatoms. The molecule has 1 aromatic rings. The maximum atomic E-state index is 2.46. The van der Waals surface area contributed by atoms with E-state index >= 15 is 0 Å². The van der Waals surface area contributed by atoms with E-state index in [0.29, 0.717) is 6.04 Å². The van der Waals surface area contributed by atoms with Gasteiger partial charge < -0.3 is 0 Å². The van der Waals surface area contributed by atoms with E-state index in [4.69, 9.17) is 0 Å². The lowest BCUT2D eigenvalue weighted by Gasteiger charge is -2.12. The van der Waals surface area contributed by atoms with E-state index in [1.807, 2.05) is 0 Å². The average molecular weight is 333 g/mol. The third kappa shape index (κ3) is 10.8. The predicted molar refractivity (Wildman–Crippen MR) is 106 cm³/mol. The highest BCUT2D eigenvalue weighted by Gasteiger charge is 2.16. The number of aromatic nitrogens is 1. The molecule has 1 nitrogen and oxygen atoms in total. The summed E-state index contributed by atoms with van der Waals surface area (Å²) in [5.74, 6) is 0. The SMILES string of the molecule is CCCCCCCCCCC(CCCCCCC)[n+]1ccccc1. The van der Waals surface area contributed by atoms with Crippen molar-refractivity contribution in [3.63, 3.8) is 0 Å². The van der Waals surface area contributed by atoms with Crippen molar-refractivity contribution in [1.82, 2.24) is 0 Å². The molecule has 1 unspecified atom stereocenters. The Morgan fingerprint density at radius 3 is 1.42 bits per heavy atom. The van der Waals surface area contributed by atoms with Gasteiger partial charge in [0.1, 0.15) is 0 Å². The summed E-state index contributed by atoms with van der Waals surface area (Å²) in [7, 11) is 0. The molecule has 0 aromatic carbocycles. The van der Waals surface area contributed by atoms with Crippen LogP contribution >= 0.6 is 0 Å². The molecule has 0 aliphatic rings. The van der Waals surface area contributed by atoms with Gasteiger partial charge in [0, 0.05) is 25.0 Å². The van der Waals surface area contributed by atoms with Crippen molar-refractivity contribution in [2.24, 2.45) is 0 Å². The summed E-state index contributed by atoms with van der Waals surface area (Å²) in [5, 5.41) is 0. The Kier molecular flexibility index (Phi) is 13.8. The smallest absolute Gasteiger partial charge is 0.169 e. The van der Waals surface area contributed by atoms with Crippen molar-refractivity contribution in [2.45, 2.75) is 116 Å². The minimum absolute atomic E-state index is 0.716. The van der Waals surface area contributed by atoms with E-state index in [1.54, 1.807) is 0 Å². The molecule has 1 rings (SSSR count). The monoisotopic (exact) mass is 332 g/mol. The molecule has 1 heterocycles. The normalized spacial score (nSPS) is 12.4. The minimum Gasteiger partial charge on any atom is -0.202 e. The second-order valence-electron chi connectivity index (χ2n) is 7.44. The van der Waals surface area contributed by atoms with Crippen molar-refractivity contribution < 1.29 is 4.57 Å². The van der Waals surface area contributed by atoms with Crippen molar-refractivity contribution >= 4 is 0 Å². The van der Waals surface area contributed by atoms with Gasteiger partial charge in [0.25, 0.3) is 0 Å². The third-order valence-electron chi connectivity index (χ3n) is 5.19. The van der Waals surface area contributed by atoms with Crippen LogP contribution in [0.3, 0.4) is 0 Å². The van der Waals surface area contributed by atoms with Crippen LogP contribution in [-0.2, 0) is 0 Å². The highest BCUT2D eigenvalue weighted by Crippen LogP contribution is 2.19. The Morgan fingerprint density at radius 2 is 0.958 bits per heavy atom. The average Bonchev–Trinajstić information content (AvgIpc) is 2.62. The summed E-state index contributed by atoms with van der Waals surface area (Å²) in [5.41, 5.74) is 0. The van der Waals surface area contributed by atoms with Crippen LogP contribution in [0.25, 0.3) is 0 Å². The van der Waals surface area contributed by atoms with Crippen LogP contribution in [-0.4, -0.2) is 0 Å². The van der Waals surface area contributed by atoms with Crippen molar-refractivity contribution in [2.75, 3.05) is 0 Å². The van der Waals surface area contributed by atoms with E-state index in [1.165, 1.54) is 96.3 Å². The highest BCUT2D eigenvalue weighted by atomic mass is 15.0. The molecule has 0 amide bonds. The van der Waals surface area contributed by atoms with Crippen molar-refractivity contribution in [3.05, 3.63) is 30.6 Å². The molecule has 0 radical (unpaired) electrons. The summed E-state index contributed by atoms with van der Waals surface area (Å²) in [6.45, 7) is 4.59. The Bertz CT molecular complexity index is 360. The lowest BCUT2D eigenvalue weighted by atomic mass is 9.99. The molecule has 138 valence electrons. The molecule has 24 heavy (non-hydrogen) atoms. The van der Waals surface area contributed by atoms with Crippen LogP contribution in [0.2, 0.25) is 0 Å². The summed E-state index contributed by atoms with van der Waals surface area (Å²) in [6.07, 6.45) is 25.6. The van der Waals surface area contributed by atoms with Gasteiger partial charge in [-0.05, 0) is 12.8 Å². The van der Waals surface area contributed by atoms with Crippen LogP contribution in [0.4, 0.5) is 0 Å². The molecule has 0 aliphatic heterocycles. The molecule has 0 bridgehead atoms. The topological polar surface area (TPSA) is 3.88 Å². The molecular weight excluding hydrogens is 290 g/mol. The van der Waals surface area contributed by atoms with Crippen LogP contribution in [0, 0.1) is 0 Å². The molecule has 1 atom stereocenters. The summed E-state index contributed by atoms with van der Waals surface area (Å²) >= 11 is 0. The second-order valence-corrected chi connectivity index (χ2v) is 7.44. The first-order chi connectivity index (χ1) is 11.9. The number of rotatable bonds is 16. The zero-order valence-corrected chi connectivity index (χ0v) is 16.5. The van der Waals surface area contributed by atoms with Gasteiger partial charge in [0.2, 0.25) is 0 Å². The van der Waals surface area contributed by atoms with Gasteiger partial charge in [-0.3, -0.25) is 0 Å². The molecular formula is C23H42N+. The van der Waals surface area contributed by atoms with Gasteiger partial charge in [-0.2, -0.15) is 0 Å². The lowest BCUT2D eigenvalue weighted by molar-refractivity contribution is -0.724. The molecule has 0 fully saturated rings. The zero-order valence-electron chi connectivity index (χ0n) is 16.5. The standard InChI is InChI=1S/C23H42N/c1-3-5-7-9-10-11-13-16-20-23(19-15-12-8-6-4-2)24-21-17-14-18-22-24/h14,17-18,21-23H,3-13,15-16,19-20H2,1-2H3/q+1. The van der Waals surface area contributed by atoms with E-state index in [0.717, 1.165) is 0 Å². The van der Waals surface area contributed by atoms with E-state index in [9.17, 15) is 0 Å². The molecule has 0 saturated heterocycles. The Labute approximate surface area is 151 Å². The van der Waals surface area contributed by atoms with Gasteiger partial charge in [-0.15, -0.1) is 0 Å². The Balaban J connectivity index is 2.21. The fourth-order valence-corrected chi connectivity index (χ4v) is 3.60. The predicted octanol–water partition coefficient (Wildman–Crippen LogP) is 7.41. The number of hydrogen-bond donors (Lipinski definition) is 0.